The molecule has 0 saturated carbocycles. The molecule has 2 radical (unpaired) electrons. The van der Waals surface area contributed by atoms with E-state index >= 15 is 0 Å². The molecule has 0 N–H and O–H groups in total. The van der Waals surface area contributed by atoms with Crippen LogP contribution in [0.2, 0.25) is 0 Å². The molecule has 0 rings (SSSR count). The van der Waals surface area contributed by atoms with Gasteiger partial charge in [0.05, 0.1) is 0 Å². The summed E-state index contributed by atoms with van der Waals surface area (Å²) in [5.74, 6) is 0. The predicted octanol–water partition coefficient (Wildman–Crippen LogP) is 0.936. The Kier molecular flexibility index (Phi) is 69.9. The molecule has 0 aliphatic carbocycles. The standard InChI is InChI=1S/2CNS.Pb/c2*2-1-3;/q2*-1;+2. The third-order valence-corrected chi connectivity index (χ3v) is 0. The van der Waals surface area contributed by atoms with Gasteiger partial charge in [0.15, 0.2) is 0 Å². The van der Waals surface area contributed by atoms with Crippen molar-refractivity contribution in [1.29, 1.82) is 0 Å². The van der Waals surface area contributed by atoms with E-state index in [1.54, 1.807) is 0 Å². The van der Waals surface area contributed by atoms with Crippen LogP contribution in [0.1, 0.15) is 0 Å². The fourth-order valence-electron chi connectivity index (χ4n) is 0. The van der Waals surface area contributed by atoms with Gasteiger partial charge >= 0.3 is 27.3 Å². The minimum Gasteiger partial charge on any atom is -0.753 e. The molecule has 0 unspecified atom stereocenters. The van der Waals surface area contributed by atoms with E-state index in [2.05, 4.69) is 24.4 Å². The normalized spacial score (nSPS) is 2.29. The van der Waals surface area contributed by atoms with Gasteiger partial charge in [0, 0.05) is 0 Å². The fourth-order valence-corrected chi connectivity index (χ4v) is 0. The first-order chi connectivity index (χ1) is 2.83. The van der Waals surface area contributed by atoms with E-state index in [9.17, 15) is 0 Å². The van der Waals surface area contributed by atoms with Gasteiger partial charge in [-0.05, 0) is 0 Å². The molecule has 0 aliphatic rings. The molecule has 5 heteroatoms. The maximum Gasteiger partial charge on any atom is 2.00 e. The summed E-state index contributed by atoms with van der Waals surface area (Å²) in [5.41, 5.74) is 0. The van der Waals surface area contributed by atoms with Crippen LogP contribution in [-0.4, -0.2) is 37.6 Å². The Morgan fingerprint density at radius 2 is 1.00 bits per heavy atom. The van der Waals surface area contributed by atoms with Crippen LogP contribution < -0.4 is 0 Å². The topological polar surface area (TPSA) is 44.6 Å². The fraction of sp³-hybridized carbons (Fsp3) is 0. The molecular weight excluding hydrogens is 323 g/mol. The van der Waals surface area contributed by atoms with Gasteiger partial charge in [-0.1, -0.05) is 24.4 Å². The number of rotatable bonds is 0. The molecule has 2 nitrogen and oxygen atoms in total. The average Bonchev–Trinajstić information content (AvgIpc) is 1.39. The van der Waals surface area contributed by atoms with Crippen molar-refractivity contribution in [3.05, 3.63) is 10.8 Å². The summed E-state index contributed by atoms with van der Waals surface area (Å²) in [6.07, 6.45) is 0. The first kappa shape index (κ1) is 15.6. The SMILES string of the molecule is [N-]=C=S.[N-]=C=S.[Pb+2]. The Morgan fingerprint density at radius 3 is 1.00 bits per heavy atom. The van der Waals surface area contributed by atoms with Crippen molar-refractivity contribution < 1.29 is 0 Å². The van der Waals surface area contributed by atoms with Gasteiger partial charge in [0.25, 0.3) is 0 Å². The first-order valence-corrected chi connectivity index (χ1v) is 1.67. The average molecular weight is 323 g/mol. The first-order valence-electron chi connectivity index (χ1n) is 0.855. The number of hydrogen-bond acceptors (Lipinski definition) is 2. The molecule has 0 heterocycles. The molecular formula is C2N2PbS2. The van der Waals surface area contributed by atoms with Crippen LogP contribution in [0.15, 0.2) is 0 Å². The number of thiocarbonyl (C=S) groups is 2. The van der Waals surface area contributed by atoms with Crippen LogP contribution in [0.5, 0.6) is 0 Å². The van der Waals surface area contributed by atoms with Gasteiger partial charge in [0.2, 0.25) is 0 Å². The Hall–Kier alpha value is 0.522. The zero-order valence-corrected chi connectivity index (χ0v) is 8.73. The van der Waals surface area contributed by atoms with Crippen LogP contribution in [0.3, 0.4) is 0 Å². The van der Waals surface area contributed by atoms with Crippen molar-refractivity contribution in [1.82, 2.24) is 0 Å². The van der Waals surface area contributed by atoms with Gasteiger partial charge in [-0.25, -0.2) is 0 Å². The molecule has 0 aromatic carbocycles. The summed E-state index contributed by atoms with van der Waals surface area (Å²) in [7, 11) is 0. The maximum atomic E-state index is 7.13. The van der Waals surface area contributed by atoms with Gasteiger partial charge in [-0.2, -0.15) is 10.3 Å². The van der Waals surface area contributed by atoms with Crippen molar-refractivity contribution in [3.63, 3.8) is 0 Å². The molecule has 34 valence electrons. The number of isothiocyanates is 2. The Balaban J connectivity index is -0.0000000400. The molecule has 0 atom stereocenters. The molecule has 0 aromatic rings. The molecule has 0 aliphatic heterocycles. The largest absolute Gasteiger partial charge is 2.00 e. The molecule has 7 heavy (non-hydrogen) atoms. The third-order valence-electron chi connectivity index (χ3n) is 0. The predicted molar refractivity (Wildman–Crippen MR) is 37.7 cm³/mol. The van der Waals surface area contributed by atoms with Crippen LogP contribution in [0.25, 0.3) is 10.8 Å². The quantitative estimate of drug-likeness (QED) is 0.378. The van der Waals surface area contributed by atoms with Crippen LogP contribution in [0, 0.1) is 0 Å². The van der Waals surface area contributed by atoms with E-state index in [0.717, 1.165) is 0 Å². The van der Waals surface area contributed by atoms with Crippen molar-refractivity contribution in [2.75, 3.05) is 0 Å². The van der Waals surface area contributed by atoms with Gasteiger partial charge in [-0.15, -0.1) is 0 Å². The Morgan fingerprint density at radius 1 is 1.00 bits per heavy atom. The second-order valence-corrected chi connectivity index (χ2v) is 0.548. The molecule has 0 bridgehead atoms. The number of hydrogen-bond donors (Lipinski definition) is 0. The van der Waals surface area contributed by atoms with E-state index in [4.69, 9.17) is 10.8 Å². The summed E-state index contributed by atoms with van der Waals surface area (Å²) < 4.78 is 0. The number of nitrogens with zero attached hydrogens (tertiary/aromatic N) is 2. The van der Waals surface area contributed by atoms with Gasteiger partial charge in [0.1, 0.15) is 0 Å². The maximum absolute atomic E-state index is 7.13. The smallest absolute Gasteiger partial charge is 0.753 e. The monoisotopic (exact) mass is 324 g/mol. The van der Waals surface area contributed by atoms with E-state index in [0.29, 0.717) is 0 Å². The Labute approximate surface area is 72.5 Å². The van der Waals surface area contributed by atoms with E-state index in [-0.39, 0.29) is 27.3 Å². The van der Waals surface area contributed by atoms with Crippen molar-refractivity contribution >= 4 is 62.1 Å². The van der Waals surface area contributed by atoms with Gasteiger partial charge < -0.3 is 10.8 Å². The summed E-state index contributed by atoms with van der Waals surface area (Å²) >= 11 is 7.40. The second kappa shape index (κ2) is 31.3. The van der Waals surface area contributed by atoms with E-state index in [1.807, 2.05) is 0 Å². The zero-order valence-electron chi connectivity index (χ0n) is 3.21. The van der Waals surface area contributed by atoms with E-state index in [1.165, 1.54) is 10.3 Å². The van der Waals surface area contributed by atoms with E-state index < -0.39 is 0 Å². The summed E-state index contributed by atoms with van der Waals surface area (Å²) in [4.78, 5) is 0. The van der Waals surface area contributed by atoms with Crippen molar-refractivity contribution in [3.8, 4) is 0 Å². The minimum absolute atomic E-state index is 0. The molecule has 0 fully saturated rings. The molecule has 0 amide bonds. The third kappa shape index (κ3) is 489. The minimum atomic E-state index is 0. The molecule has 0 aromatic heterocycles. The van der Waals surface area contributed by atoms with Crippen LogP contribution in [-0.2, 0) is 0 Å². The second-order valence-electron chi connectivity index (χ2n) is 0.183. The van der Waals surface area contributed by atoms with Crippen molar-refractivity contribution in [2.45, 2.75) is 0 Å². The molecule has 0 spiro atoms. The summed E-state index contributed by atoms with van der Waals surface area (Å²) in [5, 5.41) is 16.9. The summed E-state index contributed by atoms with van der Waals surface area (Å²) in [6, 6.07) is 0. The Bertz CT molecular complexity index is 67.7. The molecule has 0 saturated heterocycles. The zero-order chi connectivity index (χ0) is 5.41. The summed E-state index contributed by atoms with van der Waals surface area (Å²) in [6.45, 7) is 0. The van der Waals surface area contributed by atoms with Crippen LogP contribution >= 0.6 is 24.4 Å². The van der Waals surface area contributed by atoms with Gasteiger partial charge in [-0.3, -0.25) is 0 Å². The van der Waals surface area contributed by atoms with Crippen molar-refractivity contribution in [2.24, 2.45) is 0 Å². The van der Waals surface area contributed by atoms with Crippen LogP contribution in [0.4, 0.5) is 0 Å².